The van der Waals surface area contributed by atoms with Gasteiger partial charge in [0.15, 0.2) is 0 Å². The second kappa shape index (κ2) is 8.65. The van der Waals surface area contributed by atoms with Gasteiger partial charge in [-0.25, -0.2) is 4.79 Å². The smallest absolute Gasteiger partial charge is 0.336 e. The minimum absolute atomic E-state index is 0.0411. The Morgan fingerprint density at radius 3 is 2.46 bits per heavy atom. The van der Waals surface area contributed by atoms with Gasteiger partial charge in [-0.15, -0.1) is 11.8 Å². The molecule has 0 atom stereocenters. The van der Waals surface area contributed by atoms with Crippen LogP contribution in [0.25, 0.3) is 11.0 Å². The van der Waals surface area contributed by atoms with E-state index in [1.165, 1.54) is 23.4 Å². The molecule has 1 amide bonds. The molecule has 0 saturated heterocycles. The van der Waals surface area contributed by atoms with Crippen LogP contribution in [0.1, 0.15) is 34.7 Å². The summed E-state index contributed by atoms with van der Waals surface area (Å²) in [5.74, 6) is 0.856. The Hall–Kier alpha value is -2.53. The molecule has 146 valence electrons. The van der Waals surface area contributed by atoms with Gasteiger partial charge < -0.3 is 9.73 Å². The van der Waals surface area contributed by atoms with Gasteiger partial charge in [0.2, 0.25) is 5.91 Å². The summed E-state index contributed by atoms with van der Waals surface area (Å²) in [6, 6.07) is 11.6. The van der Waals surface area contributed by atoms with E-state index in [1.54, 1.807) is 0 Å². The van der Waals surface area contributed by atoms with Gasteiger partial charge in [-0.1, -0.05) is 36.8 Å². The zero-order valence-corrected chi connectivity index (χ0v) is 17.5. The van der Waals surface area contributed by atoms with E-state index in [2.05, 4.69) is 24.4 Å². The van der Waals surface area contributed by atoms with Crippen molar-refractivity contribution in [2.75, 3.05) is 11.1 Å². The molecule has 1 N–H and O–H groups in total. The Morgan fingerprint density at radius 1 is 1.07 bits per heavy atom. The van der Waals surface area contributed by atoms with Crippen molar-refractivity contribution in [1.29, 1.82) is 0 Å². The van der Waals surface area contributed by atoms with E-state index >= 15 is 0 Å². The highest BCUT2D eigenvalue weighted by molar-refractivity contribution is 7.99. The van der Waals surface area contributed by atoms with Gasteiger partial charge in [-0.2, -0.15) is 0 Å². The number of nitrogens with one attached hydrogen (secondary N) is 1. The van der Waals surface area contributed by atoms with E-state index in [0.717, 1.165) is 39.7 Å². The maximum atomic E-state index is 12.4. The molecule has 0 aliphatic heterocycles. The lowest BCUT2D eigenvalue weighted by Crippen LogP contribution is -2.16. The number of hydrogen-bond acceptors (Lipinski definition) is 4. The van der Waals surface area contributed by atoms with Crippen LogP contribution in [0, 0.1) is 20.8 Å². The zero-order chi connectivity index (χ0) is 20.3. The molecule has 0 unspecified atom stereocenters. The SMILES string of the molecule is CCc1ccc2c(CSCC(=O)Nc3c(C)cc(C)cc3C)cc(=O)oc2c1. The third kappa shape index (κ3) is 4.65. The van der Waals surface area contributed by atoms with Crippen LogP contribution in [0.4, 0.5) is 5.69 Å². The van der Waals surface area contributed by atoms with E-state index in [9.17, 15) is 9.59 Å². The van der Waals surface area contributed by atoms with Crippen molar-refractivity contribution in [3.63, 3.8) is 0 Å². The van der Waals surface area contributed by atoms with Crippen LogP contribution in [-0.2, 0) is 17.0 Å². The molecule has 1 heterocycles. The average molecular weight is 396 g/mol. The molecule has 0 aliphatic carbocycles. The van der Waals surface area contributed by atoms with Crippen molar-refractivity contribution in [1.82, 2.24) is 0 Å². The summed E-state index contributed by atoms with van der Waals surface area (Å²) in [4.78, 5) is 24.3. The van der Waals surface area contributed by atoms with Gasteiger partial charge in [0, 0.05) is 22.9 Å². The van der Waals surface area contributed by atoms with Gasteiger partial charge in [-0.05, 0) is 55.5 Å². The van der Waals surface area contributed by atoms with E-state index in [1.807, 2.05) is 39.0 Å². The Kier molecular flexibility index (Phi) is 6.25. The fourth-order valence-electron chi connectivity index (χ4n) is 3.42. The number of rotatable bonds is 6. The molecular formula is C23H25NO3S. The van der Waals surface area contributed by atoms with E-state index < -0.39 is 0 Å². The molecule has 3 aromatic rings. The molecule has 0 fully saturated rings. The number of carbonyl (C=O) groups is 1. The second-order valence-electron chi connectivity index (χ2n) is 7.09. The predicted molar refractivity (Wildman–Crippen MR) is 117 cm³/mol. The van der Waals surface area contributed by atoms with Crippen molar-refractivity contribution in [2.24, 2.45) is 0 Å². The molecule has 0 saturated carbocycles. The molecule has 0 aliphatic rings. The number of aryl methyl sites for hydroxylation is 4. The molecular weight excluding hydrogens is 370 g/mol. The lowest BCUT2D eigenvalue weighted by Gasteiger charge is -2.13. The fourth-order valence-corrected chi connectivity index (χ4v) is 4.24. The molecule has 0 bridgehead atoms. The number of amides is 1. The molecule has 0 radical (unpaired) electrons. The van der Waals surface area contributed by atoms with Crippen LogP contribution >= 0.6 is 11.8 Å². The monoisotopic (exact) mass is 395 g/mol. The summed E-state index contributed by atoms with van der Waals surface area (Å²) in [5, 5.41) is 3.94. The van der Waals surface area contributed by atoms with Crippen LogP contribution in [0.3, 0.4) is 0 Å². The first kappa shape index (κ1) is 20.2. The Balaban J connectivity index is 1.68. The van der Waals surface area contributed by atoms with E-state index in [0.29, 0.717) is 17.1 Å². The van der Waals surface area contributed by atoms with Gasteiger partial charge >= 0.3 is 5.63 Å². The third-order valence-electron chi connectivity index (χ3n) is 4.74. The summed E-state index contributed by atoms with van der Waals surface area (Å²) >= 11 is 1.49. The second-order valence-corrected chi connectivity index (χ2v) is 8.08. The number of carbonyl (C=O) groups excluding carboxylic acids is 1. The lowest BCUT2D eigenvalue weighted by atomic mass is 10.1. The summed E-state index contributed by atoms with van der Waals surface area (Å²) in [7, 11) is 0. The minimum Gasteiger partial charge on any atom is -0.423 e. The Bertz CT molecular complexity index is 1060. The highest BCUT2D eigenvalue weighted by Gasteiger charge is 2.11. The average Bonchev–Trinajstić information content (AvgIpc) is 2.63. The van der Waals surface area contributed by atoms with Crippen LogP contribution < -0.4 is 10.9 Å². The first-order valence-corrected chi connectivity index (χ1v) is 10.5. The third-order valence-corrected chi connectivity index (χ3v) is 5.72. The van der Waals surface area contributed by atoms with Crippen molar-refractivity contribution in [2.45, 2.75) is 39.9 Å². The molecule has 0 spiro atoms. The van der Waals surface area contributed by atoms with Gasteiger partial charge in [0.1, 0.15) is 5.58 Å². The maximum absolute atomic E-state index is 12.4. The Morgan fingerprint density at radius 2 is 1.79 bits per heavy atom. The van der Waals surface area contributed by atoms with Crippen molar-refractivity contribution < 1.29 is 9.21 Å². The molecule has 28 heavy (non-hydrogen) atoms. The van der Waals surface area contributed by atoms with Crippen molar-refractivity contribution in [3.05, 3.63) is 74.6 Å². The molecule has 2 aromatic carbocycles. The highest BCUT2D eigenvalue weighted by Crippen LogP contribution is 2.24. The van der Waals surface area contributed by atoms with Crippen LogP contribution in [0.15, 0.2) is 45.6 Å². The fraction of sp³-hybridized carbons (Fsp3) is 0.304. The lowest BCUT2D eigenvalue weighted by molar-refractivity contribution is -0.113. The van der Waals surface area contributed by atoms with Crippen LogP contribution in [0.2, 0.25) is 0 Å². The number of thioether (sulfide) groups is 1. The minimum atomic E-state index is -0.355. The van der Waals surface area contributed by atoms with Gasteiger partial charge in [0.25, 0.3) is 0 Å². The van der Waals surface area contributed by atoms with Crippen LogP contribution in [0.5, 0.6) is 0 Å². The molecule has 3 rings (SSSR count). The van der Waals surface area contributed by atoms with E-state index in [4.69, 9.17) is 4.42 Å². The summed E-state index contributed by atoms with van der Waals surface area (Å²) < 4.78 is 5.34. The number of benzene rings is 2. The zero-order valence-electron chi connectivity index (χ0n) is 16.7. The maximum Gasteiger partial charge on any atom is 0.336 e. The Labute approximate surface area is 169 Å². The summed E-state index contributed by atoms with van der Waals surface area (Å²) in [6.07, 6.45) is 0.886. The standard InChI is InChI=1S/C23H25NO3S/c1-5-17-6-7-19-18(11-22(26)27-20(19)10-17)12-28-13-21(25)24-23-15(3)8-14(2)9-16(23)4/h6-11H,5,12-13H2,1-4H3,(H,24,25). The normalized spacial score (nSPS) is 11.0. The van der Waals surface area contributed by atoms with Gasteiger partial charge in [-0.3, -0.25) is 4.79 Å². The quantitative estimate of drug-likeness (QED) is 0.586. The predicted octanol–water partition coefficient (Wildman–Crippen LogP) is 5.15. The first-order chi connectivity index (χ1) is 13.4. The van der Waals surface area contributed by atoms with Crippen molar-refractivity contribution >= 4 is 34.3 Å². The number of hydrogen-bond donors (Lipinski definition) is 1. The largest absolute Gasteiger partial charge is 0.423 e. The molecule has 4 nitrogen and oxygen atoms in total. The number of fused-ring (bicyclic) bond motifs is 1. The summed E-state index contributed by atoms with van der Waals surface area (Å²) in [6.45, 7) is 8.12. The van der Waals surface area contributed by atoms with Gasteiger partial charge in [0.05, 0.1) is 5.75 Å². The van der Waals surface area contributed by atoms with Crippen molar-refractivity contribution in [3.8, 4) is 0 Å². The highest BCUT2D eigenvalue weighted by atomic mass is 32.2. The number of anilines is 1. The van der Waals surface area contributed by atoms with E-state index in [-0.39, 0.29) is 11.5 Å². The molecule has 5 heteroatoms. The van der Waals surface area contributed by atoms with Crippen LogP contribution in [-0.4, -0.2) is 11.7 Å². The topological polar surface area (TPSA) is 59.3 Å². The molecule has 1 aromatic heterocycles. The summed E-state index contributed by atoms with van der Waals surface area (Å²) in [5.41, 5.74) is 6.48. The first-order valence-electron chi connectivity index (χ1n) is 9.38.